The number of ether oxygens (including phenoxy) is 3. The minimum absolute atomic E-state index is 0.00990. The molecule has 17 heteroatoms. The highest BCUT2D eigenvalue weighted by Gasteiger charge is 2.41. The van der Waals surface area contributed by atoms with Crippen LogP contribution in [0.15, 0.2) is 60.9 Å². The van der Waals surface area contributed by atoms with Crippen molar-refractivity contribution in [3.8, 4) is 39.5 Å². The number of amides is 3. The molecule has 0 radical (unpaired) electrons. The lowest BCUT2D eigenvalue weighted by molar-refractivity contribution is -0.135. The number of methoxy groups -OCH3 is 2. The molecule has 69 heavy (non-hydrogen) atoms. The van der Waals surface area contributed by atoms with Gasteiger partial charge in [-0.1, -0.05) is 46.6 Å². The molecule has 15 nitrogen and oxygen atoms in total. The third-order valence-corrected chi connectivity index (χ3v) is 16.0. The van der Waals surface area contributed by atoms with Gasteiger partial charge in [0.25, 0.3) is 0 Å². The van der Waals surface area contributed by atoms with Gasteiger partial charge >= 0.3 is 12.2 Å². The van der Waals surface area contributed by atoms with Crippen molar-refractivity contribution in [3.05, 3.63) is 88.1 Å². The van der Waals surface area contributed by atoms with E-state index in [0.29, 0.717) is 59.4 Å². The number of Topliss-reactive ketones (excluding diaryl/α,β-unsaturated/α-hetero) is 1. The molecule has 4 N–H and O–H groups in total. The number of carbonyl (C=O) groups is 4. The monoisotopic (exact) mass is 958 g/mol. The highest BCUT2D eigenvalue weighted by atomic mass is 32.1. The van der Waals surface area contributed by atoms with Gasteiger partial charge in [0.1, 0.15) is 29.3 Å². The maximum Gasteiger partial charge on any atom is 0.407 e. The Morgan fingerprint density at radius 2 is 1.46 bits per heavy atom. The number of imidazole rings is 2. The molecule has 3 amide bonds. The minimum atomic E-state index is -0.767. The van der Waals surface area contributed by atoms with Gasteiger partial charge in [-0.15, -0.1) is 11.3 Å². The first-order valence-electron chi connectivity index (χ1n) is 24.2. The molecule has 2 aliphatic carbocycles. The third-order valence-electron chi connectivity index (χ3n) is 14.7. The van der Waals surface area contributed by atoms with E-state index >= 15 is 4.39 Å². The quantitative estimate of drug-likeness (QED) is 0.0874. The molecule has 0 bridgehead atoms. The third kappa shape index (κ3) is 8.56. The summed E-state index contributed by atoms with van der Waals surface area (Å²) in [6, 6.07) is 14.1. The van der Waals surface area contributed by atoms with Gasteiger partial charge in [0.2, 0.25) is 12.1 Å². The largest absolute Gasteiger partial charge is 0.464 e. The summed E-state index contributed by atoms with van der Waals surface area (Å²) in [6.07, 6.45) is 9.03. The number of fused-ring (bicyclic) bond motifs is 5. The highest BCUT2D eigenvalue weighted by molar-refractivity contribution is 7.12. The highest BCUT2D eigenvalue weighted by Crippen LogP contribution is 2.50. The van der Waals surface area contributed by atoms with Gasteiger partial charge < -0.3 is 39.7 Å². The van der Waals surface area contributed by atoms with E-state index in [1.807, 2.05) is 52.1 Å². The van der Waals surface area contributed by atoms with Crippen LogP contribution in [0, 0.1) is 23.6 Å². The van der Waals surface area contributed by atoms with E-state index < -0.39 is 36.3 Å². The number of ketones is 1. The molecule has 2 aromatic carbocycles. The number of halogens is 1. The molecule has 0 spiro atoms. The maximum atomic E-state index is 17.0. The predicted octanol–water partition coefficient (Wildman–Crippen LogP) is 10.4. The average Bonchev–Trinajstić information content (AvgIpc) is 4.18. The first-order valence-corrected chi connectivity index (χ1v) is 25.0. The number of carbonyl (C=O) groups excluding carboxylic acids is 4. The minimum Gasteiger partial charge on any atom is -0.464 e. The molecule has 2 saturated carbocycles. The van der Waals surface area contributed by atoms with Gasteiger partial charge in [0.05, 0.1) is 71.7 Å². The van der Waals surface area contributed by atoms with E-state index in [9.17, 15) is 19.2 Å². The van der Waals surface area contributed by atoms with E-state index in [1.165, 1.54) is 44.4 Å². The smallest absolute Gasteiger partial charge is 0.407 e. The van der Waals surface area contributed by atoms with Gasteiger partial charge in [-0.3, -0.25) is 14.2 Å². The van der Waals surface area contributed by atoms with Crippen molar-refractivity contribution in [2.45, 2.75) is 115 Å². The van der Waals surface area contributed by atoms with Crippen LogP contribution in [-0.4, -0.2) is 86.1 Å². The van der Waals surface area contributed by atoms with Crippen LogP contribution in [0.5, 0.6) is 5.75 Å². The number of aromatic amines is 2. The molecule has 6 atom stereocenters. The van der Waals surface area contributed by atoms with E-state index in [0.717, 1.165) is 52.1 Å². The number of hydrogen-bond acceptors (Lipinski definition) is 10. The first kappa shape index (κ1) is 46.2. The zero-order valence-corrected chi connectivity index (χ0v) is 40.6. The van der Waals surface area contributed by atoms with E-state index in [-0.39, 0.29) is 41.4 Å². The van der Waals surface area contributed by atoms with Crippen LogP contribution in [-0.2, 0) is 19.1 Å². The lowest BCUT2D eigenvalue weighted by Crippen LogP contribution is -2.51. The fourth-order valence-corrected chi connectivity index (χ4v) is 12.0. The van der Waals surface area contributed by atoms with Crippen molar-refractivity contribution in [2.24, 2.45) is 17.8 Å². The van der Waals surface area contributed by atoms with Gasteiger partial charge in [0.15, 0.2) is 5.78 Å². The Labute approximate surface area is 403 Å². The summed E-state index contributed by atoms with van der Waals surface area (Å²) in [5, 5.41) is 6.35. The fourth-order valence-electron chi connectivity index (χ4n) is 10.8. The molecule has 1 saturated heterocycles. The number of likely N-dealkylation sites (tertiary alicyclic amines) is 1. The normalized spacial score (nSPS) is 20.9. The van der Waals surface area contributed by atoms with Crippen molar-refractivity contribution in [1.82, 2.24) is 40.0 Å². The second-order valence-electron chi connectivity index (χ2n) is 19.7. The molecule has 4 aromatic heterocycles. The van der Waals surface area contributed by atoms with Crippen molar-refractivity contribution in [1.29, 1.82) is 0 Å². The lowest BCUT2D eigenvalue weighted by Gasteiger charge is -2.30. The van der Waals surface area contributed by atoms with Gasteiger partial charge in [0, 0.05) is 39.8 Å². The van der Waals surface area contributed by atoms with Crippen molar-refractivity contribution in [3.63, 3.8) is 0 Å². The number of nitrogens with one attached hydrogen (secondary N) is 4. The molecular weight excluding hydrogens is 900 g/mol. The van der Waals surface area contributed by atoms with Crippen LogP contribution in [0.2, 0.25) is 0 Å². The van der Waals surface area contributed by atoms with Crippen LogP contribution >= 0.6 is 11.3 Å². The second kappa shape index (κ2) is 18.8. The first-order chi connectivity index (χ1) is 33.3. The predicted molar refractivity (Wildman–Crippen MR) is 259 cm³/mol. The number of rotatable bonds is 13. The Balaban J connectivity index is 0.968. The number of hydrogen-bond donors (Lipinski definition) is 4. The topological polar surface area (TPSA) is 186 Å². The Hall–Kier alpha value is -6.49. The van der Waals surface area contributed by atoms with E-state index in [4.69, 9.17) is 24.2 Å². The van der Waals surface area contributed by atoms with Gasteiger partial charge in [-0.2, -0.15) is 0 Å². The number of alkyl carbamates (subject to hydrolysis) is 2. The molecule has 3 fully saturated rings. The SMILES string of the molecule is COC(=O)NC(C(=O)N1CCC[C@H]1c1ncc(-c2cc(F)c3c(c2)OC(c2ccc(C4CCC4)s2)n2c-3cc3cc(-c4cnc([C@@H]5CCCC5C(=O)[C@@H](NC(=O)OC)C(C)C)[nH]4)ccc32)[nH]1)C(C)C. The summed E-state index contributed by atoms with van der Waals surface area (Å²) in [5.74, 6) is 0.906. The van der Waals surface area contributed by atoms with Crippen LogP contribution in [0.1, 0.15) is 125 Å². The zero-order chi connectivity index (χ0) is 48.2. The van der Waals surface area contributed by atoms with Crippen LogP contribution < -0.4 is 15.4 Å². The molecule has 362 valence electrons. The van der Waals surface area contributed by atoms with Gasteiger partial charge in [-0.25, -0.2) is 23.9 Å². The summed E-state index contributed by atoms with van der Waals surface area (Å²) in [6.45, 7) is 8.10. The molecule has 10 rings (SSSR count). The number of benzene rings is 2. The van der Waals surface area contributed by atoms with Gasteiger partial charge in [-0.05, 0) is 98.7 Å². The summed E-state index contributed by atoms with van der Waals surface area (Å²) < 4.78 is 35.6. The lowest BCUT2D eigenvalue weighted by atomic mass is 9.84. The Bertz CT molecular complexity index is 2930. The standard InChI is InChI=1S/C52H59FN8O7S/c1-26(2)44(58-51(64)66-5)46(62)32-12-8-13-33(32)47-54-24-35(56-47)29-15-16-37-31(20-29)22-39-43-34(53)21-30(23-40(43)68-50(61(37)39)42-18-17-41(69-42)28-10-7-11-28)36-25-55-48(57-36)38-14-9-19-60(38)49(63)45(27(3)4)59-52(65)67-6/h15-18,20-28,32-33,38,44-45,50H,7-14,19H2,1-6H3,(H,54,56)(H,55,57)(H,58,64)(H,59,65)/t32?,33-,38+,44+,45?,50?/m1/s1. The summed E-state index contributed by atoms with van der Waals surface area (Å²) in [7, 11) is 2.57. The average molecular weight is 959 g/mol. The molecule has 6 heterocycles. The number of aromatic nitrogens is 5. The molecule has 6 aromatic rings. The molecule has 3 unspecified atom stereocenters. The zero-order valence-electron chi connectivity index (χ0n) is 39.8. The van der Waals surface area contributed by atoms with Crippen molar-refractivity contribution < 1.29 is 37.8 Å². The van der Waals surface area contributed by atoms with E-state index in [1.54, 1.807) is 22.4 Å². The Morgan fingerprint density at radius 1 is 0.783 bits per heavy atom. The fraction of sp³-hybridized carbons (Fsp3) is 0.462. The van der Waals surface area contributed by atoms with E-state index in [2.05, 4.69) is 49.4 Å². The molecular formula is C52H59FN8O7S. The summed E-state index contributed by atoms with van der Waals surface area (Å²) in [5.41, 5.74) is 4.78. The second-order valence-corrected chi connectivity index (χ2v) is 20.8. The summed E-state index contributed by atoms with van der Waals surface area (Å²) >= 11 is 1.75. The van der Waals surface area contributed by atoms with Crippen LogP contribution in [0.3, 0.4) is 0 Å². The Kier molecular flexibility index (Phi) is 12.6. The maximum absolute atomic E-state index is 17.0. The number of thiophene rings is 1. The number of H-pyrrole nitrogens is 2. The van der Waals surface area contributed by atoms with Crippen LogP contribution in [0.4, 0.5) is 14.0 Å². The van der Waals surface area contributed by atoms with Crippen molar-refractivity contribution in [2.75, 3.05) is 20.8 Å². The van der Waals surface area contributed by atoms with Crippen molar-refractivity contribution >= 4 is 46.1 Å². The number of nitrogens with zero attached hydrogens (tertiary/aromatic N) is 4. The van der Waals surface area contributed by atoms with Crippen LogP contribution in [0.25, 0.3) is 44.7 Å². The summed E-state index contributed by atoms with van der Waals surface area (Å²) in [4.78, 5) is 72.6. The Morgan fingerprint density at radius 3 is 2.17 bits per heavy atom. The molecule has 4 aliphatic rings. The molecule has 2 aliphatic heterocycles.